The number of Topliss-reactive ketones (excluding diaryl/α,β-unsaturated/α-hetero) is 1. The summed E-state index contributed by atoms with van der Waals surface area (Å²) in [6.45, 7) is 7.20. The van der Waals surface area contributed by atoms with Crippen molar-refractivity contribution in [3.63, 3.8) is 0 Å². The lowest BCUT2D eigenvalue weighted by Crippen LogP contribution is -2.56. The van der Waals surface area contributed by atoms with Crippen molar-refractivity contribution in [1.82, 2.24) is 9.80 Å². The predicted molar refractivity (Wildman–Crippen MR) is 120 cm³/mol. The van der Waals surface area contributed by atoms with E-state index in [2.05, 4.69) is 45.4 Å². The van der Waals surface area contributed by atoms with E-state index in [1.54, 1.807) is 31.2 Å². The first-order valence-electron chi connectivity index (χ1n) is 10.8. The average molecular weight is 407 g/mol. The summed E-state index contributed by atoms with van der Waals surface area (Å²) in [6.07, 6.45) is 2.17. The summed E-state index contributed by atoms with van der Waals surface area (Å²) in [5.41, 5.74) is 2.67. The van der Waals surface area contributed by atoms with Crippen LogP contribution in [0.15, 0.2) is 54.6 Å². The fourth-order valence-electron chi connectivity index (χ4n) is 4.41. The maximum atomic E-state index is 12.8. The number of carbonyl (C=O) groups excluding carboxylic acids is 2. The van der Waals surface area contributed by atoms with E-state index in [4.69, 9.17) is 0 Å². The van der Waals surface area contributed by atoms with Crippen molar-refractivity contribution < 1.29 is 9.59 Å². The summed E-state index contributed by atoms with van der Waals surface area (Å²) in [4.78, 5) is 31.1. The highest BCUT2D eigenvalue weighted by Crippen LogP contribution is 2.21. The Labute approximate surface area is 178 Å². The molecule has 0 spiro atoms. The molecule has 0 saturated carbocycles. The van der Waals surface area contributed by atoms with Crippen LogP contribution in [0.1, 0.15) is 30.1 Å². The minimum Gasteiger partial charge on any atom is -0.369 e. The molecule has 2 aliphatic heterocycles. The number of piperidine rings is 1. The normalized spacial score (nSPS) is 20.1. The van der Waals surface area contributed by atoms with Crippen LogP contribution in [0.5, 0.6) is 0 Å². The molecule has 2 amide bonds. The van der Waals surface area contributed by atoms with Gasteiger partial charge in [0, 0.05) is 62.2 Å². The van der Waals surface area contributed by atoms with Gasteiger partial charge in [-0.1, -0.05) is 18.2 Å². The summed E-state index contributed by atoms with van der Waals surface area (Å²) in [5, 5.41) is 2.98. The molecule has 2 heterocycles. The third-order valence-electron chi connectivity index (χ3n) is 6.18. The number of hydrogen-bond donors (Lipinski definition) is 1. The second kappa shape index (κ2) is 9.30. The molecule has 30 heavy (non-hydrogen) atoms. The first-order valence-corrected chi connectivity index (χ1v) is 10.8. The third-order valence-corrected chi connectivity index (χ3v) is 6.18. The smallest absolute Gasteiger partial charge is 0.321 e. The van der Waals surface area contributed by atoms with Gasteiger partial charge in [0.25, 0.3) is 0 Å². The number of rotatable bonds is 4. The molecule has 2 fully saturated rings. The second-order valence-electron chi connectivity index (χ2n) is 8.16. The molecule has 6 heteroatoms. The zero-order valence-corrected chi connectivity index (χ0v) is 17.6. The number of piperazine rings is 1. The second-order valence-corrected chi connectivity index (χ2v) is 8.16. The number of benzene rings is 2. The van der Waals surface area contributed by atoms with Gasteiger partial charge in [-0.3, -0.25) is 9.69 Å². The summed E-state index contributed by atoms with van der Waals surface area (Å²) in [7, 11) is 0. The Morgan fingerprint density at radius 1 is 0.900 bits per heavy atom. The molecule has 158 valence electrons. The lowest BCUT2D eigenvalue weighted by Gasteiger charge is -2.43. The Morgan fingerprint density at radius 3 is 2.27 bits per heavy atom. The average Bonchev–Trinajstić information content (AvgIpc) is 2.80. The van der Waals surface area contributed by atoms with Crippen molar-refractivity contribution >= 4 is 23.2 Å². The van der Waals surface area contributed by atoms with Gasteiger partial charge in [-0.25, -0.2) is 4.79 Å². The van der Waals surface area contributed by atoms with E-state index >= 15 is 0 Å². The first-order chi connectivity index (χ1) is 14.6. The van der Waals surface area contributed by atoms with Gasteiger partial charge in [-0.05, 0) is 56.2 Å². The van der Waals surface area contributed by atoms with Crippen LogP contribution in [0.2, 0.25) is 0 Å². The first kappa shape index (κ1) is 20.4. The van der Waals surface area contributed by atoms with Crippen molar-refractivity contribution in [2.75, 3.05) is 49.5 Å². The van der Waals surface area contributed by atoms with Crippen molar-refractivity contribution in [3.8, 4) is 0 Å². The van der Waals surface area contributed by atoms with Gasteiger partial charge in [-0.15, -0.1) is 0 Å². The van der Waals surface area contributed by atoms with Gasteiger partial charge in [0.1, 0.15) is 0 Å². The molecule has 0 unspecified atom stereocenters. The molecule has 0 bridgehead atoms. The number of likely N-dealkylation sites (tertiary alicyclic amines) is 1. The zero-order valence-electron chi connectivity index (χ0n) is 17.6. The summed E-state index contributed by atoms with van der Waals surface area (Å²) in [5.74, 6) is 0.0270. The molecule has 1 atom stereocenters. The lowest BCUT2D eigenvalue weighted by atomic mass is 10.0. The summed E-state index contributed by atoms with van der Waals surface area (Å²) < 4.78 is 0. The Kier molecular flexibility index (Phi) is 6.33. The number of amides is 2. The maximum Gasteiger partial charge on any atom is 0.321 e. The number of para-hydroxylation sites is 1. The van der Waals surface area contributed by atoms with E-state index in [9.17, 15) is 9.59 Å². The Bertz CT molecular complexity index is 861. The highest BCUT2D eigenvalue weighted by Gasteiger charge is 2.30. The van der Waals surface area contributed by atoms with Crippen molar-refractivity contribution in [2.45, 2.75) is 25.8 Å². The largest absolute Gasteiger partial charge is 0.369 e. The van der Waals surface area contributed by atoms with E-state index in [0.717, 1.165) is 57.8 Å². The van der Waals surface area contributed by atoms with Crippen LogP contribution in [-0.2, 0) is 0 Å². The van der Waals surface area contributed by atoms with Gasteiger partial charge < -0.3 is 15.1 Å². The monoisotopic (exact) mass is 406 g/mol. The molecule has 2 saturated heterocycles. The fraction of sp³-hybridized carbons (Fsp3) is 0.417. The van der Waals surface area contributed by atoms with E-state index in [-0.39, 0.29) is 11.8 Å². The molecule has 4 rings (SSSR count). The van der Waals surface area contributed by atoms with Gasteiger partial charge in [0.2, 0.25) is 0 Å². The van der Waals surface area contributed by atoms with Gasteiger partial charge in [-0.2, -0.15) is 0 Å². The molecule has 2 aliphatic rings. The highest BCUT2D eigenvalue weighted by atomic mass is 16.2. The minimum atomic E-state index is -0.0572. The number of anilines is 2. The number of nitrogens with one attached hydrogen (secondary N) is 1. The molecule has 6 nitrogen and oxygen atoms in total. The third kappa shape index (κ3) is 4.82. The fourth-order valence-corrected chi connectivity index (χ4v) is 4.41. The van der Waals surface area contributed by atoms with Crippen LogP contribution in [0, 0.1) is 0 Å². The minimum absolute atomic E-state index is 0.0270. The van der Waals surface area contributed by atoms with Crippen molar-refractivity contribution in [3.05, 3.63) is 60.2 Å². The van der Waals surface area contributed by atoms with Crippen LogP contribution in [0.4, 0.5) is 16.2 Å². The molecular weight excluding hydrogens is 376 g/mol. The molecule has 1 N–H and O–H groups in total. The maximum absolute atomic E-state index is 12.8. The van der Waals surface area contributed by atoms with Crippen LogP contribution in [-0.4, -0.2) is 66.9 Å². The van der Waals surface area contributed by atoms with Crippen LogP contribution >= 0.6 is 0 Å². The number of carbonyl (C=O) groups is 2. The van der Waals surface area contributed by atoms with E-state index in [0.29, 0.717) is 11.6 Å². The van der Waals surface area contributed by atoms with Crippen LogP contribution < -0.4 is 10.2 Å². The molecule has 0 aromatic heterocycles. The quantitative estimate of drug-likeness (QED) is 0.787. The molecule has 0 aliphatic carbocycles. The lowest BCUT2D eigenvalue weighted by molar-refractivity contribution is 0.101. The Morgan fingerprint density at radius 2 is 1.60 bits per heavy atom. The SMILES string of the molecule is CC(=O)c1ccc(NC(=O)N2CCC[C@@H](N3CCN(c4ccccc4)CC3)C2)cc1. The molecule has 2 aromatic carbocycles. The molecule has 2 aromatic rings. The Balaban J connectivity index is 1.30. The highest BCUT2D eigenvalue weighted by molar-refractivity contribution is 5.95. The topological polar surface area (TPSA) is 55.9 Å². The predicted octanol–water partition coefficient (Wildman–Crippen LogP) is 3.71. The van der Waals surface area contributed by atoms with Gasteiger partial charge in [0.15, 0.2) is 5.78 Å². The van der Waals surface area contributed by atoms with E-state index in [1.807, 2.05) is 4.90 Å². The Hall–Kier alpha value is -2.86. The van der Waals surface area contributed by atoms with Crippen molar-refractivity contribution in [1.29, 1.82) is 0 Å². The van der Waals surface area contributed by atoms with E-state index in [1.165, 1.54) is 5.69 Å². The molecular formula is C24H30N4O2. The number of ketones is 1. The summed E-state index contributed by atoms with van der Waals surface area (Å²) in [6, 6.07) is 18.0. The molecule has 0 radical (unpaired) electrons. The summed E-state index contributed by atoms with van der Waals surface area (Å²) >= 11 is 0. The van der Waals surface area contributed by atoms with Crippen LogP contribution in [0.3, 0.4) is 0 Å². The standard InChI is InChI=1S/C24H30N4O2/c1-19(29)20-9-11-21(12-10-20)25-24(30)28-13-5-8-23(18-28)27-16-14-26(15-17-27)22-6-3-2-4-7-22/h2-4,6-7,9-12,23H,5,8,13-18H2,1H3,(H,25,30)/t23-/m1/s1. The zero-order chi connectivity index (χ0) is 20.9. The van der Waals surface area contributed by atoms with Crippen LogP contribution in [0.25, 0.3) is 0 Å². The number of nitrogens with zero attached hydrogens (tertiary/aromatic N) is 3. The van der Waals surface area contributed by atoms with E-state index < -0.39 is 0 Å². The van der Waals surface area contributed by atoms with Gasteiger partial charge >= 0.3 is 6.03 Å². The van der Waals surface area contributed by atoms with Crippen molar-refractivity contribution in [2.24, 2.45) is 0 Å². The van der Waals surface area contributed by atoms with Gasteiger partial charge in [0.05, 0.1) is 0 Å². The number of urea groups is 1. The number of hydrogen-bond acceptors (Lipinski definition) is 4.